The number of hydrogen-bond donors (Lipinski definition) is 0. The van der Waals surface area contributed by atoms with Crippen LogP contribution in [0.2, 0.25) is 0 Å². The van der Waals surface area contributed by atoms with Crippen LogP contribution in [-0.2, 0) is 28.6 Å². The van der Waals surface area contributed by atoms with Crippen LogP contribution in [0.1, 0.15) is 310 Å². The molecule has 0 aliphatic heterocycles. The Morgan fingerprint density at radius 1 is 0.312 bits per heavy atom. The lowest BCUT2D eigenvalue weighted by Gasteiger charge is -2.18. The van der Waals surface area contributed by atoms with Crippen molar-refractivity contribution in [3.63, 3.8) is 0 Å². The summed E-state index contributed by atoms with van der Waals surface area (Å²) in [6, 6.07) is 0. The van der Waals surface area contributed by atoms with E-state index in [-0.39, 0.29) is 31.1 Å². The lowest BCUT2D eigenvalue weighted by Crippen LogP contribution is -2.30. The predicted molar refractivity (Wildman–Crippen MR) is 275 cm³/mol. The lowest BCUT2D eigenvalue weighted by molar-refractivity contribution is -0.167. The third-order valence-electron chi connectivity index (χ3n) is 12.7. The first-order valence-electron chi connectivity index (χ1n) is 28.3. The standard InChI is InChI=1S/C58H108O6/c1-4-7-10-13-16-19-22-25-28-29-30-31-34-36-39-42-45-48-51-57(60)63-54-55(64-58(61)52-49-46-43-40-37-33-27-24-21-18-15-12-9-6-3)53-62-56(59)50-47-44-41-38-35-32-26-23-20-17-14-11-8-5-2/h15,18,24,27,55H,4-14,16-17,19-23,25-26,28-54H2,1-3H3/b18-15-,27-24-/t55-/m1/s1. The van der Waals surface area contributed by atoms with E-state index in [1.165, 1.54) is 186 Å². The van der Waals surface area contributed by atoms with Crippen LogP contribution >= 0.6 is 0 Å². The van der Waals surface area contributed by atoms with E-state index in [4.69, 9.17) is 14.2 Å². The summed E-state index contributed by atoms with van der Waals surface area (Å²) in [4.78, 5) is 38.1. The molecule has 0 radical (unpaired) electrons. The molecule has 376 valence electrons. The van der Waals surface area contributed by atoms with Crippen LogP contribution in [0.4, 0.5) is 0 Å². The molecule has 6 heteroatoms. The Morgan fingerprint density at radius 3 is 0.906 bits per heavy atom. The molecule has 0 aromatic carbocycles. The third-order valence-corrected chi connectivity index (χ3v) is 12.7. The van der Waals surface area contributed by atoms with E-state index in [1.807, 2.05) is 0 Å². The van der Waals surface area contributed by atoms with Crippen LogP contribution in [0.3, 0.4) is 0 Å². The van der Waals surface area contributed by atoms with Crippen molar-refractivity contribution in [3.8, 4) is 0 Å². The normalized spacial score (nSPS) is 12.1. The van der Waals surface area contributed by atoms with Gasteiger partial charge in [-0.25, -0.2) is 0 Å². The van der Waals surface area contributed by atoms with Gasteiger partial charge in [-0.3, -0.25) is 14.4 Å². The van der Waals surface area contributed by atoms with E-state index < -0.39 is 6.10 Å². The molecule has 0 saturated carbocycles. The Labute approximate surface area is 398 Å². The number of carbonyl (C=O) groups is 3. The molecule has 0 heterocycles. The summed E-state index contributed by atoms with van der Waals surface area (Å²) < 4.78 is 16.9. The van der Waals surface area contributed by atoms with E-state index in [9.17, 15) is 14.4 Å². The largest absolute Gasteiger partial charge is 0.462 e. The number of esters is 3. The molecule has 6 nitrogen and oxygen atoms in total. The van der Waals surface area contributed by atoms with Gasteiger partial charge < -0.3 is 14.2 Å². The summed E-state index contributed by atoms with van der Waals surface area (Å²) in [5.74, 6) is -0.865. The van der Waals surface area contributed by atoms with E-state index in [2.05, 4.69) is 45.1 Å². The zero-order valence-corrected chi connectivity index (χ0v) is 43.1. The quantitative estimate of drug-likeness (QED) is 0.0262. The summed E-state index contributed by atoms with van der Waals surface area (Å²) in [5, 5.41) is 0. The van der Waals surface area contributed by atoms with Crippen molar-refractivity contribution in [2.75, 3.05) is 13.2 Å². The smallest absolute Gasteiger partial charge is 0.306 e. The summed E-state index contributed by atoms with van der Waals surface area (Å²) in [5.41, 5.74) is 0. The Kier molecular flexibility index (Phi) is 51.7. The first kappa shape index (κ1) is 61.9. The van der Waals surface area contributed by atoms with Crippen molar-refractivity contribution < 1.29 is 28.6 Å². The number of ether oxygens (including phenoxy) is 3. The molecule has 0 aliphatic rings. The van der Waals surface area contributed by atoms with E-state index >= 15 is 0 Å². The number of rotatable bonds is 52. The Balaban J connectivity index is 4.32. The first-order valence-corrected chi connectivity index (χ1v) is 28.3. The molecule has 1 atom stereocenters. The fourth-order valence-corrected chi connectivity index (χ4v) is 8.40. The summed E-state index contributed by atoms with van der Waals surface area (Å²) >= 11 is 0. The second-order valence-electron chi connectivity index (χ2n) is 19.2. The van der Waals surface area contributed by atoms with Crippen LogP contribution in [-0.4, -0.2) is 37.2 Å². The molecular formula is C58H108O6. The minimum atomic E-state index is -0.773. The highest BCUT2D eigenvalue weighted by molar-refractivity contribution is 5.71. The molecule has 0 unspecified atom stereocenters. The number of unbranched alkanes of at least 4 members (excludes halogenated alkanes) is 37. The number of allylic oxidation sites excluding steroid dienone is 4. The average Bonchev–Trinajstić information content (AvgIpc) is 3.29. The van der Waals surface area contributed by atoms with E-state index in [0.717, 1.165) is 83.5 Å². The van der Waals surface area contributed by atoms with Gasteiger partial charge in [0.1, 0.15) is 13.2 Å². The molecule has 0 spiro atoms. The topological polar surface area (TPSA) is 78.9 Å². The van der Waals surface area contributed by atoms with Crippen molar-refractivity contribution in [1.29, 1.82) is 0 Å². The van der Waals surface area contributed by atoms with Crippen molar-refractivity contribution in [1.82, 2.24) is 0 Å². The van der Waals surface area contributed by atoms with Gasteiger partial charge in [-0.15, -0.1) is 0 Å². The first-order chi connectivity index (χ1) is 31.5. The van der Waals surface area contributed by atoms with Gasteiger partial charge in [0.05, 0.1) is 0 Å². The summed E-state index contributed by atoms with van der Waals surface area (Å²) in [7, 11) is 0. The zero-order chi connectivity index (χ0) is 46.5. The molecule has 0 saturated heterocycles. The van der Waals surface area contributed by atoms with Gasteiger partial charge in [0, 0.05) is 19.3 Å². The van der Waals surface area contributed by atoms with E-state index in [1.54, 1.807) is 0 Å². The molecule has 0 amide bonds. The Morgan fingerprint density at radius 2 is 0.578 bits per heavy atom. The summed E-state index contributed by atoms with van der Waals surface area (Å²) in [6.07, 6.45) is 61.6. The highest BCUT2D eigenvalue weighted by atomic mass is 16.6. The minimum Gasteiger partial charge on any atom is -0.462 e. The second-order valence-corrected chi connectivity index (χ2v) is 19.2. The minimum absolute atomic E-state index is 0.0716. The SMILES string of the molecule is CCCC/C=C\C/C=C\CCCCCCCC(=O)O[C@H](COC(=O)CCCCCCCCCCCCCCCC)COC(=O)CCCCCCCCCCCCCCCCCCCC. The number of carbonyl (C=O) groups excluding carboxylic acids is 3. The van der Waals surface area contributed by atoms with Gasteiger partial charge in [-0.1, -0.05) is 270 Å². The van der Waals surface area contributed by atoms with Crippen LogP contribution in [0.15, 0.2) is 24.3 Å². The molecule has 0 aromatic rings. The molecular weight excluding hydrogens is 793 g/mol. The maximum Gasteiger partial charge on any atom is 0.306 e. The highest BCUT2D eigenvalue weighted by Gasteiger charge is 2.19. The van der Waals surface area contributed by atoms with Gasteiger partial charge in [0.15, 0.2) is 6.10 Å². The van der Waals surface area contributed by atoms with Crippen LogP contribution in [0.5, 0.6) is 0 Å². The fourth-order valence-electron chi connectivity index (χ4n) is 8.40. The monoisotopic (exact) mass is 901 g/mol. The van der Waals surface area contributed by atoms with Gasteiger partial charge in [-0.2, -0.15) is 0 Å². The molecule has 0 fully saturated rings. The van der Waals surface area contributed by atoms with Gasteiger partial charge in [-0.05, 0) is 44.9 Å². The Bertz CT molecular complexity index is 1040. The maximum absolute atomic E-state index is 12.8. The lowest BCUT2D eigenvalue weighted by atomic mass is 10.0. The van der Waals surface area contributed by atoms with Gasteiger partial charge >= 0.3 is 17.9 Å². The molecule has 0 rings (SSSR count). The Hall–Kier alpha value is -2.11. The van der Waals surface area contributed by atoms with Gasteiger partial charge in [0.25, 0.3) is 0 Å². The van der Waals surface area contributed by atoms with Crippen molar-refractivity contribution >= 4 is 17.9 Å². The summed E-state index contributed by atoms with van der Waals surface area (Å²) in [6.45, 7) is 6.63. The van der Waals surface area contributed by atoms with E-state index in [0.29, 0.717) is 19.3 Å². The van der Waals surface area contributed by atoms with Crippen molar-refractivity contribution in [2.45, 2.75) is 316 Å². The number of hydrogen-bond acceptors (Lipinski definition) is 6. The maximum atomic E-state index is 12.8. The van der Waals surface area contributed by atoms with Crippen molar-refractivity contribution in [2.24, 2.45) is 0 Å². The third kappa shape index (κ3) is 50.9. The van der Waals surface area contributed by atoms with Crippen LogP contribution < -0.4 is 0 Å². The second kappa shape index (κ2) is 53.5. The molecule has 0 N–H and O–H groups in total. The molecule has 0 aromatic heterocycles. The highest BCUT2D eigenvalue weighted by Crippen LogP contribution is 2.17. The van der Waals surface area contributed by atoms with Crippen LogP contribution in [0.25, 0.3) is 0 Å². The van der Waals surface area contributed by atoms with Crippen molar-refractivity contribution in [3.05, 3.63) is 24.3 Å². The average molecular weight is 901 g/mol. The van der Waals surface area contributed by atoms with Gasteiger partial charge in [0.2, 0.25) is 0 Å². The fraction of sp³-hybridized carbons (Fsp3) is 0.879. The molecule has 0 aliphatic carbocycles. The predicted octanol–water partition coefficient (Wildman–Crippen LogP) is 18.7. The molecule has 0 bridgehead atoms. The molecule has 64 heavy (non-hydrogen) atoms. The van der Waals surface area contributed by atoms with Crippen LogP contribution in [0, 0.1) is 0 Å². The zero-order valence-electron chi connectivity index (χ0n) is 43.1.